The van der Waals surface area contributed by atoms with Gasteiger partial charge in [0, 0.05) is 25.5 Å². The number of nitrogens with zero attached hydrogens (tertiary/aromatic N) is 3. The summed E-state index contributed by atoms with van der Waals surface area (Å²) in [5.74, 6) is 0.0218. The second kappa shape index (κ2) is 14.2. The zero-order valence-corrected chi connectivity index (χ0v) is 28.3. The van der Waals surface area contributed by atoms with Crippen molar-refractivity contribution < 1.29 is 33.3 Å². The van der Waals surface area contributed by atoms with Crippen LogP contribution >= 0.6 is 0 Å². The summed E-state index contributed by atoms with van der Waals surface area (Å²) in [6, 6.07) is 21.7. The molecule has 3 fully saturated rings. The van der Waals surface area contributed by atoms with Crippen molar-refractivity contribution in [3.05, 3.63) is 90.3 Å². The Balaban J connectivity index is 1.24. The maximum Gasteiger partial charge on any atom is 0.422 e. The van der Waals surface area contributed by atoms with Crippen LogP contribution in [0.1, 0.15) is 52.2 Å². The van der Waals surface area contributed by atoms with Crippen molar-refractivity contribution in [2.45, 2.75) is 89.9 Å². The topological polar surface area (TPSA) is 112 Å². The van der Waals surface area contributed by atoms with E-state index in [0.717, 1.165) is 28.7 Å². The molecule has 3 aliphatic rings. The first-order valence-corrected chi connectivity index (χ1v) is 16.6. The number of benzene rings is 2. The fraction of sp³-hybridized carbons (Fsp3) is 0.486. The maximum absolute atomic E-state index is 13.8. The molecule has 2 aromatic carbocycles. The lowest BCUT2D eigenvalue weighted by Crippen LogP contribution is -2.53. The molecule has 11 nitrogen and oxygen atoms in total. The summed E-state index contributed by atoms with van der Waals surface area (Å²) < 4.78 is 29.7. The number of pyridine rings is 1. The number of nitrogens with one attached hydrogen (secondary N) is 1. The van der Waals surface area contributed by atoms with Crippen LogP contribution in [-0.2, 0) is 36.6 Å². The third-order valence-corrected chi connectivity index (χ3v) is 8.87. The molecular formula is C37H46N4O7. The second-order valence-electron chi connectivity index (χ2n) is 14.1. The Morgan fingerprint density at radius 2 is 1.77 bits per heavy atom. The van der Waals surface area contributed by atoms with Crippen molar-refractivity contribution in [1.82, 2.24) is 20.3 Å². The Morgan fingerprint density at radius 3 is 2.48 bits per heavy atom. The van der Waals surface area contributed by atoms with Crippen molar-refractivity contribution in [3.8, 4) is 11.1 Å². The van der Waals surface area contributed by atoms with E-state index < -0.39 is 35.7 Å². The monoisotopic (exact) mass is 658 g/mol. The number of ether oxygens (including phenoxy) is 5. The van der Waals surface area contributed by atoms with Crippen molar-refractivity contribution >= 4 is 12.2 Å². The van der Waals surface area contributed by atoms with Gasteiger partial charge in [0.15, 0.2) is 6.29 Å². The molecule has 0 saturated carbocycles. The van der Waals surface area contributed by atoms with Gasteiger partial charge in [0.2, 0.25) is 0 Å². The summed E-state index contributed by atoms with van der Waals surface area (Å²) >= 11 is 0. The fourth-order valence-electron chi connectivity index (χ4n) is 6.74. The largest absolute Gasteiger partial charge is 0.444 e. The van der Waals surface area contributed by atoms with Gasteiger partial charge in [-0.2, -0.15) is 0 Å². The quantitative estimate of drug-likeness (QED) is 0.280. The van der Waals surface area contributed by atoms with Crippen molar-refractivity contribution in [2.24, 2.45) is 5.92 Å². The van der Waals surface area contributed by atoms with Crippen LogP contribution in [0.3, 0.4) is 0 Å². The summed E-state index contributed by atoms with van der Waals surface area (Å²) in [5.41, 5.74) is 5.40. The van der Waals surface area contributed by atoms with Gasteiger partial charge in [-0.15, -0.1) is 0 Å². The normalized spacial score (nSPS) is 24.8. The molecular weight excluding hydrogens is 612 g/mol. The van der Waals surface area contributed by atoms with E-state index >= 15 is 0 Å². The number of carbonyl (C=O) groups is 2. The van der Waals surface area contributed by atoms with E-state index in [1.54, 1.807) is 16.1 Å². The molecule has 3 saturated heterocycles. The van der Waals surface area contributed by atoms with E-state index in [1.807, 2.05) is 83.3 Å². The van der Waals surface area contributed by atoms with Crippen LogP contribution in [0.25, 0.3) is 11.1 Å². The predicted octanol–water partition coefficient (Wildman–Crippen LogP) is 5.94. The molecule has 48 heavy (non-hydrogen) atoms. The number of rotatable bonds is 9. The number of carbonyl (C=O) groups excluding carboxylic acids is 2. The highest BCUT2D eigenvalue weighted by molar-refractivity contribution is 5.70. The van der Waals surface area contributed by atoms with Gasteiger partial charge in [-0.25, -0.2) is 14.6 Å². The molecule has 0 spiro atoms. The molecule has 2 amide bonds. The summed E-state index contributed by atoms with van der Waals surface area (Å²) in [6.07, 6.45) is 2.65. The highest BCUT2D eigenvalue weighted by Crippen LogP contribution is 2.37. The molecule has 4 heterocycles. The molecule has 5 atom stereocenters. The molecule has 6 rings (SSSR count). The van der Waals surface area contributed by atoms with Crippen molar-refractivity contribution in [3.63, 3.8) is 0 Å². The minimum absolute atomic E-state index is 0.0218. The van der Waals surface area contributed by atoms with Crippen LogP contribution in [0.2, 0.25) is 0 Å². The minimum Gasteiger partial charge on any atom is -0.444 e. The van der Waals surface area contributed by atoms with E-state index in [-0.39, 0.29) is 24.9 Å². The second-order valence-corrected chi connectivity index (χ2v) is 14.1. The minimum atomic E-state index is -0.981. The van der Waals surface area contributed by atoms with E-state index in [9.17, 15) is 9.59 Å². The van der Waals surface area contributed by atoms with E-state index in [1.165, 1.54) is 0 Å². The molecule has 256 valence electrons. The zero-order chi connectivity index (χ0) is 33.9. The fourth-order valence-corrected chi connectivity index (χ4v) is 6.74. The molecule has 0 unspecified atom stereocenters. The highest BCUT2D eigenvalue weighted by atomic mass is 16.7. The van der Waals surface area contributed by atoms with Gasteiger partial charge in [-0.1, -0.05) is 60.7 Å². The summed E-state index contributed by atoms with van der Waals surface area (Å²) in [5, 5.41) is 1.80. The number of fused-ring (bicyclic) bond motifs is 1. The van der Waals surface area contributed by atoms with Crippen LogP contribution in [-0.4, -0.2) is 82.7 Å². The average molecular weight is 659 g/mol. The van der Waals surface area contributed by atoms with Gasteiger partial charge in [0.25, 0.3) is 0 Å². The molecule has 0 bridgehead atoms. The third kappa shape index (κ3) is 8.15. The number of aromatic nitrogens is 1. The van der Waals surface area contributed by atoms with Gasteiger partial charge in [0.1, 0.15) is 17.4 Å². The first kappa shape index (κ1) is 33.9. The van der Waals surface area contributed by atoms with Crippen molar-refractivity contribution in [2.75, 3.05) is 19.8 Å². The van der Waals surface area contributed by atoms with E-state index in [4.69, 9.17) is 23.7 Å². The molecule has 3 aliphatic heterocycles. The van der Waals surface area contributed by atoms with Gasteiger partial charge in [-0.05, 0) is 75.8 Å². The first-order chi connectivity index (χ1) is 22.9. The van der Waals surface area contributed by atoms with Gasteiger partial charge >= 0.3 is 12.2 Å². The number of hydrogen-bond donors (Lipinski definition) is 1. The lowest BCUT2D eigenvalue weighted by atomic mass is 9.97. The van der Waals surface area contributed by atoms with Crippen LogP contribution in [0.4, 0.5) is 9.59 Å². The van der Waals surface area contributed by atoms with Gasteiger partial charge in [0.05, 0.1) is 31.3 Å². The number of hydrogen-bond acceptors (Lipinski definition) is 9. The van der Waals surface area contributed by atoms with Crippen LogP contribution < -0.4 is 5.43 Å². The van der Waals surface area contributed by atoms with Gasteiger partial charge < -0.3 is 23.7 Å². The van der Waals surface area contributed by atoms with Crippen LogP contribution in [0.5, 0.6) is 0 Å². The smallest absolute Gasteiger partial charge is 0.422 e. The Morgan fingerprint density at radius 1 is 1.00 bits per heavy atom. The molecule has 0 radical (unpaired) electrons. The SMILES string of the molecule is CC(C)(C)OC(=O)N1[C@@H](Cc2ccc(-c3cccnc3)cc2)[C@H](CN(Cc2ccccc2)NC(=O)O[C@H]2CO[C@H]3OCC[C@H]32)OC1(C)C. The Labute approximate surface area is 282 Å². The zero-order valence-electron chi connectivity index (χ0n) is 28.3. The molecule has 0 aliphatic carbocycles. The van der Waals surface area contributed by atoms with Gasteiger partial charge in [-0.3, -0.25) is 15.3 Å². The average Bonchev–Trinajstić information content (AvgIpc) is 3.72. The number of amides is 2. The summed E-state index contributed by atoms with van der Waals surface area (Å²) in [7, 11) is 0. The molecule has 1 N–H and O–H groups in total. The molecule has 3 aromatic rings. The lowest BCUT2D eigenvalue weighted by molar-refractivity contribution is -0.0909. The Hall–Kier alpha value is -4.03. The Bertz CT molecular complexity index is 1530. The summed E-state index contributed by atoms with van der Waals surface area (Å²) in [6.45, 7) is 10.9. The third-order valence-electron chi connectivity index (χ3n) is 8.87. The standard InChI is InChI=1S/C37H46N4O7/c1-36(2,3)48-35(43)41-30(20-25-13-15-27(16-14-25)28-12-9-18-38-21-28)31(47-37(41,4)5)23-40(22-26-10-7-6-8-11-26)39-34(42)46-32-24-45-33-29(32)17-19-44-33/h6-16,18,21,29-33H,17,19-20,22-24H2,1-5H3,(H,39,42)/t29-,30-,31-,32-,33+/m0/s1. The van der Waals surface area contributed by atoms with Crippen LogP contribution in [0.15, 0.2) is 79.1 Å². The van der Waals surface area contributed by atoms with E-state index in [0.29, 0.717) is 26.2 Å². The van der Waals surface area contributed by atoms with Crippen LogP contribution in [0, 0.1) is 5.92 Å². The Kier molecular flexibility index (Phi) is 10.0. The first-order valence-electron chi connectivity index (χ1n) is 16.6. The molecule has 1 aromatic heterocycles. The lowest BCUT2D eigenvalue weighted by Gasteiger charge is -2.35. The summed E-state index contributed by atoms with van der Waals surface area (Å²) in [4.78, 5) is 33.1. The van der Waals surface area contributed by atoms with E-state index in [2.05, 4.69) is 34.7 Å². The maximum atomic E-state index is 13.8. The number of hydrazine groups is 1. The molecule has 11 heteroatoms. The predicted molar refractivity (Wildman–Crippen MR) is 178 cm³/mol. The highest BCUT2D eigenvalue weighted by Gasteiger charge is 2.52. The van der Waals surface area contributed by atoms with Crippen molar-refractivity contribution in [1.29, 1.82) is 0 Å².